The fourth-order valence-electron chi connectivity index (χ4n) is 8.73. The van der Waals surface area contributed by atoms with Gasteiger partial charge in [0.15, 0.2) is 6.10 Å². The van der Waals surface area contributed by atoms with E-state index in [4.69, 9.17) is 14.2 Å². The van der Waals surface area contributed by atoms with E-state index >= 15 is 0 Å². The lowest BCUT2D eigenvalue weighted by atomic mass is 10.0. The Kier molecular flexibility index (Phi) is 55.7. The summed E-state index contributed by atoms with van der Waals surface area (Å²) in [5, 5.41) is 0. The molecule has 0 rings (SSSR count). The number of hydrogen-bond acceptors (Lipinski definition) is 6. The third-order valence-electron chi connectivity index (χ3n) is 13.3. The highest BCUT2D eigenvalue weighted by Gasteiger charge is 2.19. The van der Waals surface area contributed by atoms with Gasteiger partial charge in [-0.1, -0.05) is 268 Å². The smallest absolute Gasteiger partial charge is 0.306 e. The monoisotopic (exact) mass is 967 g/mol. The average Bonchev–Trinajstić information content (AvgIpc) is 3.35. The van der Waals surface area contributed by atoms with Crippen molar-refractivity contribution in [3.8, 4) is 0 Å². The molecule has 0 N–H and O–H groups in total. The Labute approximate surface area is 428 Å². The number of allylic oxidation sites excluding steroid dienone is 8. The van der Waals surface area contributed by atoms with Crippen LogP contribution in [-0.2, 0) is 28.6 Å². The van der Waals surface area contributed by atoms with Crippen LogP contribution in [0.25, 0.3) is 0 Å². The van der Waals surface area contributed by atoms with Crippen molar-refractivity contribution < 1.29 is 28.6 Å². The molecule has 6 heteroatoms. The maximum absolute atomic E-state index is 12.8. The predicted octanol–water partition coefficient (Wildman–Crippen LogP) is 20.2. The number of unbranched alkanes of at least 4 members (excludes halogenated alkanes) is 36. The molecule has 0 heterocycles. The first-order valence-corrected chi connectivity index (χ1v) is 30.1. The third-order valence-corrected chi connectivity index (χ3v) is 13.3. The van der Waals surface area contributed by atoms with E-state index in [0.29, 0.717) is 19.3 Å². The predicted molar refractivity (Wildman–Crippen MR) is 298 cm³/mol. The maximum atomic E-state index is 12.8. The van der Waals surface area contributed by atoms with Crippen LogP contribution >= 0.6 is 0 Å². The molecule has 1 atom stereocenters. The molecule has 0 radical (unpaired) electrons. The summed E-state index contributed by atoms with van der Waals surface area (Å²) in [4.78, 5) is 38.1. The molecule has 0 saturated carbocycles. The molecule has 0 spiro atoms. The summed E-state index contributed by atoms with van der Waals surface area (Å²) in [5.74, 6) is -0.873. The molecule has 69 heavy (non-hydrogen) atoms. The van der Waals surface area contributed by atoms with Crippen molar-refractivity contribution in [3.63, 3.8) is 0 Å². The van der Waals surface area contributed by atoms with Gasteiger partial charge in [0.2, 0.25) is 0 Å². The standard InChI is InChI=1S/C63H114O6/c1-4-7-10-13-16-19-22-24-26-27-28-29-30-31-32-33-34-35-37-38-41-44-47-50-53-56-62(65)68-59-60(58-67-61(64)55-52-49-46-43-40-21-18-15-12-9-6-3)69-63(66)57-54-51-48-45-42-39-36-25-23-20-17-14-11-8-5-2/h15,18,22,24,27-28,30-31,60H,4-14,16-17,19-21,23,25-26,29,32-59H2,1-3H3/b18-15-,24-22-,28-27-,31-30-. The molecule has 0 saturated heterocycles. The first-order valence-electron chi connectivity index (χ1n) is 30.1. The van der Waals surface area contributed by atoms with E-state index in [1.165, 1.54) is 199 Å². The average molecular weight is 968 g/mol. The molecule has 0 aliphatic carbocycles. The van der Waals surface area contributed by atoms with Crippen molar-refractivity contribution in [2.45, 2.75) is 322 Å². The second-order valence-electron chi connectivity index (χ2n) is 20.3. The highest BCUT2D eigenvalue weighted by molar-refractivity contribution is 5.71. The molecule has 0 bridgehead atoms. The van der Waals surface area contributed by atoms with E-state index in [2.05, 4.69) is 69.4 Å². The van der Waals surface area contributed by atoms with Crippen molar-refractivity contribution in [1.82, 2.24) is 0 Å². The minimum Gasteiger partial charge on any atom is -0.462 e. The summed E-state index contributed by atoms with van der Waals surface area (Å²) in [6.07, 6.45) is 71.1. The lowest BCUT2D eigenvalue weighted by Crippen LogP contribution is -2.30. The molecule has 0 aromatic carbocycles. The van der Waals surface area contributed by atoms with Crippen LogP contribution in [0.4, 0.5) is 0 Å². The zero-order valence-electron chi connectivity index (χ0n) is 46.1. The van der Waals surface area contributed by atoms with Gasteiger partial charge >= 0.3 is 17.9 Å². The van der Waals surface area contributed by atoms with Crippen LogP contribution in [0.3, 0.4) is 0 Å². The zero-order valence-corrected chi connectivity index (χ0v) is 46.1. The van der Waals surface area contributed by atoms with Crippen LogP contribution in [-0.4, -0.2) is 37.2 Å². The van der Waals surface area contributed by atoms with E-state index in [0.717, 1.165) is 77.0 Å². The van der Waals surface area contributed by atoms with E-state index in [1.54, 1.807) is 0 Å². The van der Waals surface area contributed by atoms with Crippen molar-refractivity contribution in [3.05, 3.63) is 48.6 Å². The Balaban J connectivity index is 4.24. The molecule has 0 aromatic rings. The number of ether oxygens (including phenoxy) is 3. The van der Waals surface area contributed by atoms with Gasteiger partial charge < -0.3 is 14.2 Å². The normalized spacial score (nSPS) is 12.3. The van der Waals surface area contributed by atoms with Gasteiger partial charge in [0, 0.05) is 19.3 Å². The molecular formula is C63H114O6. The van der Waals surface area contributed by atoms with Crippen molar-refractivity contribution in [1.29, 1.82) is 0 Å². The first kappa shape index (κ1) is 66.4. The molecular weight excluding hydrogens is 853 g/mol. The third kappa shape index (κ3) is 56.2. The largest absolute Gasteiger partial charge is 0.462 e. The van der Waals surface area contributed by atoms with Crippen LogP contribution in [0.2, 0.25) is 0 Å². The van der Waals surface area contributed by atoms with E-state index in [1.807, 2.05) is 0 Å². The van der Waals surface area contributed by atoms with Gasteiger partial charge in [-0.2, -0.15) is 0 Å². The maximum Gasteiger partial charge on any atom is 0.306 e. The Hall–Kier alpha value is -2.63. The Bertz CT molecular complexity index is 1200. The molecule has 0 aromatic heterocycles. The number of hydrogen-bond donors (Lipinski definition) is 0. The van der Waals surface area contributed by atoms with Crippen LogP contribution < -0.4 is 0 Å². The molecule has 0 aliphatic heterocycles. The molecule has 402 valence electrons. The van der Waals surface area contributed by atoms with Crippen LogP contribution in [0.1, 0.15) is 316 Å². The minimum atomic E-state index is -0.775. The van der Waals surface area contributed by atoms with Crippen molar-refractivity contribution >= 4 is 17.9 Å². The lowest BCUT2D eigenvalue weighted by Gasteiger charge is -2.18. The summed E-state index contributed by atoms with van der Waals surface area (Å²) >= 11 is 0. The Morgan fingerprint density at radius 1 is 0.290 bits per heavy atom. The topological polar surface area (TPSA) is 78.9 Å². The van der Waals surface area contributed by atoms with Crippen molar-refractivity contribution in [2.24, 2.45) is 0 Å². The number of carbonyl (C=O) groups excluding carboxylic acids is 3. The summed E-state index contributed by atoms with van der Waals surface area (Å²) < 4.78 is 16.9. The number of esters is 3. The fourth-order valence-corrected chi connectivity index (χ4v) is 8.73. The second kappa shape index (κ2) is 57.9. The number of carbonyl (C=O) groups is 3. The van der Waals surface area contributed by atoms with Gasteiger partial charge in [0.05, 0.1) is 0 Å². The molecule has 0 fully saturated rings. The van der Waals surface area contributed by atoms with Crippen LogP contribution in [0.15, 0.2) is 48.6 Å². The minimum absolute atomic E-state index is 0.0747. The fraction of sp³-hybridized carbons (Fsp3) is 0.825. The van der Waals surface area contributed by atoms with Gasteiger partial charge in [-0.25, -0.2) is 0 Å². The summed E-state index contributed by atoms with van der Waals surface area (Å²) in [6.45, 7) is 6.62. The number of rotatable bonds is 55. The van der Waals surface area contributed by atoms with Gasteiger partial charge in [-0.15, -0.1) is 0 Å². The SMILES string of the molecule is CCCC/C=C\CCCCCCCC(=O)OCC(COC(=O)CCCCCCCCCCCC/C=C\C/C=C\C/C=C\CCCCCCC)OC(=O)CCCCCCCCCCCCCCCCC. The van der Waals surface area contributed by atoms with Crippen LogP contribution in [0.5, 0.6) is 0 Å². The van der Waals surface area contributed by atoms with Crippen molar-refractivity contribution in [2.75, 3.05) is 13.2 Å². The highest BCUT2D eigenvalue weighted by Crippen LogP contribution is 2.16. The van der Waals surface area contributed by atoms with Crippen LogP contribution in [0, 0.1) is 0 Å². The first-order chi connectivity index (χ1) is 34.0. The molecule has 0 amide bonds. The summed E-state index contributed by atoms with van der Waals surface area (Å²) in [6, 6.07) is 0. The van der Waals surface area contributed by atoms with E-state index in [9.17, 15) is 14.4 Å². The lowest BCUT2D eigenvalue weighted by molar-refractivity contribution is -0.167. The van der Waals surface area contributed by atoms with Gasteiger partial charge in [0.1, 0.15) is 13.2 Å². The molecule has 0 aliphatic rings. The second-order valence-corrected chi connectivity index (χ2v) is 20.3. The summed E-state index contributed by atoms with van der Waals surface area (Å²) in [5.41, 5.74) is 0. The van der Waals surface area contributed by atoms with Gasteiger partial charge in [0.25, 0.3) is 0 Å². The van der Waals surface area contributed by atoms with Gasteiger partial charge in [-0.05, 0) is 77.0 Å². The van der Waals surface area contributed by atoms with E-state index in [-0.39, 0.29) is 31.1 Å². The zero-order chi connectivity index (χ0) is 50.0. The Morgan fingerprint density at radius 3 is 0.870 bits per heavy atom. The Morgan fingerprint density at radius 2 is 0.536 bits per heavy atom. The quantitative estimate of drug-likeness (QED) is 0.0262. The molecule has 1 unspecified atom stereocenters. The summed E-state index contributed by atoms with van der Waals surface area (Å²) in [7, 11) is 0. The highest BCUT2D eigenvalue weighted by atomic mass is 16.6. The van der Waals surface area contributed by atoms with Gasteiger partial charge in [-0.3, -0.25) is 14.4 Å². The molecule has 6 nitrogen and oxygen atoms in total. The van der Waals surface area contributed by atoms with E-state index < -0.39 is 6.10 Å².